The number of rotatable bonds is 2. The lowest BCUT2D eigenvalue weighted by Crippen LogP contribution is -2.42. The molecule has 0 saturated heterocycles. The summed E-state index contributed by atoms with van der Waals surface area (Å²) < 4.78 is 27.7. The first kappa shape index (κ1) is 17.5. The standard InChI is InChI=1S/C19H19N3O4S/c1-13(23)21-10-4-5-14-11-15(8-9-17(14)21)27(25,26)22-12-19(24)20-16-6-2-3-7-18(16)22/h2-3,6-9,11H,4-5,10,12H2,1H3,(H,20,24). The minimum Gasteiger partial charge on any atom is -0.323 e. The number of sulfonamides is 1. The lowest BCUT2D eigenvalue weighted by atomic mass is 10.0. The number of carbonyl (C=O) groups is 2. The molecule has 2 amide bonds. The summed E-state index contributed by atoms with van der Waals surface area (Å²) in [7, 11) is -3.91. The minimum absolute atomic E-state index is 0.0619. The smallest absolute Gasteiger partial charge is 0.264 e. The molecule has 0 aromatic heterocycles. The van der Waals surface area contributed by atoms with Crippen molar-refractivity contribution in [2.24, 2.45) is 0 Å². The Kier molecular flexibility index (Phi) is 4.15. The maximum absolute atomic E-state index is 13.3. The molecule has 0 radical (unpaired) electrons. The van der Waals surface area contributed by atoms with E-state index >= 15 is 0 Å². The van der Waals surface area contributed by atoms with Crippen LogP contribution in [0.15, 0.2) is 47.4 Å². The van der Waals surface area contributed by atoms with Crippen LogP contribution < -0.4 is 14.5 Å². The Morgan fingerprint density at radius 3 is 2.67 bits per heavy atom. The zero-order valence-corrected chi connectivity index (χ0v) is 15.6. The fourth-order valence-electron chi connectivity index (χ4n) is 3.60. The van der Waals surface area contributed by atoms with Crippen molar-refractivity contribution >= 4 is 38.9 Å². The van der Waals surface area contributed by atoms with Gasteiger partial charge in [-0.15, -0.1) is 0 Å². The Balaban J connectivity index is 1.78. The molecule has 0 aliphatic carbocycles. The molecule has 0 fully saturated rings. The molecule has 2 heterocycles. The highest BCUT2D eigenvalue weighted by Gasteiger charge is 2.33. The third-order valence-corrected chi connectivity index (χ3v) is 6.63. The molecule has 1 N–H and O–H groups in total. The predicted octanol–water partition coefficient (Wildman–Crippen LogP) is 2.13. The van der Waals surface area contributed by atoms with Crippen molar-refractivity contribution in [3.63, 3.8) is 0 Å². The number of amides is 2. The molecule has 0 bridgehead atoms. The average Bonchev–Trinajstić information content (AvgIpc) is 2.66. The summed E-state index contributed by atoms with van der Waals surface area (Å²) >= 11 is 0. The molecule has 8 heteroatoms. The quantitative estimate of drug-likeness (QED) is 0.858. The molecule has 0 saturated carbocycles. The van der Waals surface area contributed by atoms with E-state index in [1.807, 2.05) is 0 Å². The van der Waals surface area contributed by atoms with Crippen molar-refractivity contribution in [1.82, 2.24) is 0 Å². The minimum atomic E-state index is -3.91. The Bertz CT molecular complexity index is 1050. The summed E-state index contributed by atoms with van der Waals surface area (Å²) in [4.78, 5) is 25.6. The van der Waals surface area contributed by atoms with Gasteiger partial charge in [-0.05, 0) is 48.7 Å². The van der Waals surface area contributed by atoms with E-state index in [-0.39, 0.29) is 23.3 Å². The van der Waals surface area contributed by atoms with Crippen LogP contribution in [0.4, 0.5) is 17.1 Å². The van der Waals surface area contributed by atoms with Crippen molar-refractivity contribution in [2.75, 3.05) is 27.6 Å². The lowest BCUT2D eigenvalue weighted by molar-refractivity contribution is -0.117. The van der Waals surface area contributed by atoms with Crippen molar-refractivity contribution in [2.45, 2.75) is 24.7 Å². The van der Waals surface area contributed by atoms with Gasteiger partial charge in [-0.25, -0.2) is 8.42 Å². The second-order valence-electron chi connectivity index (χ2n) is 6.64. The summed E-state index contributed by atoms with van der Waals surface area (Å²) in [6.07, 6.45) is 1.49. The van der Waals surface area contributed by atoms with Crippen LogP contribution in [0.1, 0.15) is 18.9 Å². The fraction of sp³-hybridized carbons (Fsp3) is 0.263. The summed E-state index contributed by atoms with van der Waals surface area (Å²) in [5, 5.41) is 2.69. The maximum atomic E-state index is 13.3. The normalized spacial score (nSPS) is 16.4. The van der Waals surface area contributed by atoms with Crippen LogP contribution in [0.5, 0.6) is 0 Å². The van der Waals surface area contributed by atoms with Crippen molar-refractivity contribution in [3.8, 4) is 0 Å². The van der Waals surface area contributed by atoms with Crippen LogP contribution in [0.25, 0.3) is 0 Å². The number of hydrogen-bond donors (Lipinski definition) is 1. The van der Waals surface area contributed by atoms with Crippen molar-refractivity contribution < 1.29 is 18.0 Å². The molecule has 2 aliphatic heterocycles. The highest BCUT2D eigenvalue weighted by molar-refractivity contribution is 7.92. The van der Waals surface area contributed by atoms with Gasteiger partial charge in [0.15, 0.2) is 0 Å². The molecule has 0 atom stereocenters. The van der Waals surface area contributed by atoms with Gasteiger partial charge in [-0.3, -0.25) is 13.9 Å². The maximum Gasteiger partial charge on any atom is 0.264 e. The third kappa shape index (κ3) is 2.95. The molecule has 2 aromatic rings. The van der Waals surface area contributed by atoms with Crippen molar-refractivity contribution in [3.05, 3.63) is 48.0 Å². The monoisotopic (exact) mass is 385 g/mol. The highest BCUT2D eigenvalue weighted by atomic mass is 32.2. The Hall–Kier alpha value is -2.87. The van der Waals surface area contributed by atoms with Crippen LogP contribution in [-0.4, -0.2) is 33.3 Å². The number of hydrogen-bond acceptors (Lipinski definition) is 4. The van der Waals surface area contributed by atoms with Crippen LogP contribution >= 0.6 is 0 Å². The summed E-state index contributed by atoms with van der Waals surface area (Å²) in [6.45, 7) is 1.87. The van der Waals surface area contributed by atoms with Gasteiger partial charge in [0, 0.05) is 19.2 Å². The second-order valence-corrected chi connectivity index (χ2v) is 8.50. The molecule has 0 unspecified atom stereocenters. The number of nitrogens with zero attached hydrogens (tertiary/aromatic N) is 2. The largest absolute Gasteiger partial charge is 0.323 e. The zero-order chi connectivity index (χ0) is 19.2. The predicted molar refractivity (Wildman–Crippen MR) is 102 cm³/mol. The molecular weight excluding hydrogens is 366 g/mol. The first-order valence-corrected chi connectivity index (χ1v) is 10.1. The second kappa shape index (κ2) is 6.38. The number of benzene rings is 2. The van der Waals surface area contributed by atoms with Crippen LogP contribution in [0.2, 0.25) is 0 Å². The SMILES string of the molecule is CC(=O)N1CCCc2cc(S(=O)(=O)N3CC(=O)Nc4ccccc43)ccc21. The average molecular weight is 385 g/mol. The molecule has 7 nitrogen and oxygen atoms in total. The van der Waals surface area contributed by atoms with Gasteiger partial charge < -0.3 is 10.2 Å². The topological polar surface area (TPSA) is 86.8 Å². The first-order valence-electron chi connectivity index (χ1n) is 8.70. The lowest BCUT2D eigenvalue weighted by Gasteiger charge is -2.31. The van der Waals surface area contributed by atoms with Crippen LogP contribution in [-0.2, 0) is 26.0 Å². The van der Waals surface area contributed by atoms with Gasteiger partial charge in [0.1, 0.15) is 6.54 Å². The summed E-state index contributed by atoms with van der Waals surface area (Å²) in [5.74, 6) is -0.439. The van der Waals surface area contributed by atoms with E-state index < -0.39 is 10.0 Å². The number of para-hydroxylation sites is 2. The summed E-state index contributed by atoms with van der Waals surface area (Å²) in [5.41, 5.74) is 2.50. The third-order valence-electron chi connectivity index (χ3n) is 4.87. The Morgan fingerprint density at radius 2 is 1.89 bits per heavy atom. The van der Waals surface area contributed by atoms with E-state index in [9.17, 15) is 18.0 Å². The van der Waals surface area contributed by atoms with E-state index in [0.29, 0.717) is 24.3 Å². The zero-order valence-electron chi connectivity index (χ0n) is 14.8. The van der Waals surface area contributed by atoms with Gasteiger partial charge in [0.05, 0.1) is 16.3 Å². The first-order chi connectivity index (χ1) is 12.9. The van der Waals surface area contributed by atoms with Gasteiger partial charge >= 0.3 is 0 Å². The molecule has 0 spiro atoms. The van der Waals surface area contributed by atoms with Gasteiger partial charge in [0.2, 0.25) is 11.8 Å². The Morgan fingerprint density at radius 1 is 1.11 bits per heavy atom. The van der Waals surface area contributed by atoms with Gasteiger partial charge in [-0.1, -0.05) is 12.1 Å². The molecule has 2 aromatic carbocycles. The van der Waals surface area contributed by atoms with Gasteiger partial charge in [-0.2, -0.15) is 0 Å². The molecule has 27 heavy (non-hydrogen) atoms. The van der Waals surface area contributed by atoms with Crippen molar-refractivity contribution in [1.29, 1.82) is 0 Å². The fourth-order valence-corrected chi connectivity index (χ4v) is 5.10. The summed E-state index contributed by atoms with van der Waals surface area (Å²) in [6, 6.07) is 11.6. The van der Waals surface area contributed by atoms with E-state index in [0.717, 1.165) is 22.0 Å². The molecular formula is C19H19N3O4S. The van der Waals surface area contributed by atoms with Crippen LogP contribution in [0, 0.1) is 0 Å². The van der Waals surface area contributed by atoms with E-state index in [4.69, 9.17) is 0 Å². The highest BCUT2D eigenvalue weighted by Crippen LogP contribution is 2.35. The van der Waals surface area contributed by atoms with E-state index in [1.54, 1.807) is 41.3 Å². The van der Waals surface area contributed by atoms with Gasteiger partial charge in [0.25, 0.3) is 10.0 Å². The van der Waals surface area contributed by atoms with E-state index in [2.05, 4.69) is 5.32 Å². The molecule has 2 aliphatic rings. The Labute approximate surface area is 157 Å². The number of anilines is 3. The number of aryl methyl sites for hydroxylation is 1. The van der Waals surface area contributed by atoms with Crippen LogP contribution in [0.3, 0.4) is 0 Å². The number of carbonyl (C=O) groups excluding carboxylic acids is 2. The molecule has 140 valence electrons. The number of nitrogens with one attached hydrogen (secondary N) is 1. The van der Waals surface area contributed by atoms with E-state index in [1.165, 1.54) is 13.0 Å². The number of fused-ring (bicyclic) bond motifs is 2. The molecule has 4 rings (SSSR count).